The number of aryl methyl sites for hydroxylation is 1. The summed E-state index contributed by atoms with van der Waals surface area (Å²) in [5.74, 6) is 0.205. The Bertz CT molecular complexity index is 624. The highest BCUT2D eigenvalue weighted by atomic mass is 28.4. The molecule has 1 saturated heterocycles. The molecule has 1 fully saturated rings. The maximum atomic E-state index is 12.7. The summed E-state index contributed by atoms with van der Waals surface area (Å²) in [6, 6.07) is 9.21. The molecule has 0 unspecified atom stereocenters. The van der Waals surface area contributed by atoms with Crippen LogP contribution in [0, 0.1) is 0 Å². The SMILES string of the molecule is CCCN1C(=O)[C@H](Cc2ccc(CCC[Si](OC)(OC)OC)cc2)NC1(C)C. The molecule has 1 aliphatic heterocycles. The summed E-state index contributed by atoms with van der Waals surface area (Å²) in [5.41, 5.74) is 2.17. The summed E-state index contributed by atoms with van der Waals surface area (Å²) in [4.78, 5) is 14.7. The van der Waals surface area contributed by atoms with Gasteiger partial charge in [0, 0.05) is 33.9 Å². The zero-order chi connectivity index (χ0) is 20.8. The van der Waals surface area contributed by atoms with Crippen LogP contribution in [0.3, 0.4) is 0 Å². The van der Waals surface area contributed by atoms with Crippen LogP contribution in [-0.4, -0.2) is 59.2 Å². The van der Waals surface area contributed by atoms with Gasteiger partial charge in [0.2, 0.25) is 5.91 Å². The van der Waals surface area contributed by atoms with E-state index in [0.29, 0.717) is 0 Å². The van der Waals surface area contributed by atoms with Crippen LogP contribution in [0.2, 0.25) is 6.04 Å². The van der Waals surface area contributed by atoms with Gasteiger partial charge in [-0.1, -0.05) is 31.2 Å². The highest BCUT2D eigenvalue weighted by Gasteiger charge is 2.43. The fourth-order valence-electron chi connectivity index (χ4n) is 3.92. The summed E-state index contributed by atoms with van der Waals surface area (Å²) in [6.07, 6.45) is 3.58. The number of amides is 1. The van der Waals surface area contributed by atoms with E-state index < -0.39 is 8.80 Å². The number of nitrogens with one attached hydrogen (secondary N) is 1. The van der Waals surface area contributed by atoms with Crippen LogP contribution in [0.15, 0.2) is 24.3 Å². The Kier molecular flexibility index (Phi) is 8.21. The lowest BCUT2D eigenvalue weighted by molar-refractivity contribution is -0.131. The van der Waals surface area contributed by atoms with Gasteiger partial charge >= 0.3 is 8.80 Å². The fourth-order valence-corrected chi connectivity index (χ4v) is 5.65. The molecule has 1 heterocycles. The summed E-state index contributed by atoms with van der Waals surface area (Å²) >= 11 is 0. The molecule has 2 rings (SSSR count). The topological polar surface area (TPSA) is 60.0 Å². The van der Waals surface area contributed by atoms with E-state index >= 15 is 0 Å². The molecule has 0 aliphatic carbocycles. The number of rotatable bonds is 11. The zero-order valence-corrected chi connectivity index (χ0v) is 19.2. The van der Waals surface area contributed by atoms with E-state index in [2.05, 4.69) is 50.4 Å². The first-order chi connectivity index (χ1) is 13.3. The Balaban J connectivity index is 1.90. The van der Waals surface area contributed by atoms with Crippen LogP contribution in [0.4, 0.5) is 0 Å². The van der Waals surface area contributed by atoms with Crippen molar-refractivity contribution in [3.63, 3.8) is 0 Å². The molecule has 1 N–H and O–H groups in total. The van der Waals surface area contributed by atoms with E-state index in [1.54, 1.807) is 21.3 Å². The summed E-state index contributed by atoms with van der Waals surface area (Å²) < 4.78 is 16.4. The monoisotopic (exact) mass is 408 g/mol. The molecule has 7 heteroatoms. The molecule has 1 aromatic rings. The molecular formula is C21H36N2O4Si. The second-order valence-corrected chi connectivity index (χ2v) is 11.0. The zero-order valence-electron chi connectivity index (χ0n) is 18.2. The second kappa shape index (κ2) is 9.98. The number of hydrogen-bond donors (Lipinski definition) is 1. The van der Waals surface area contributed by atoms with Crippen molar-refractivity contribution in [1.82, 2.24) is 10.2 Å². The van der Waals surface area contributed by atoms with Gasteiger partial charge in [-0.25, -0.2) is 0 Å². The van der Waals surface area contributed by atoms with Crippen LogP contribution in [0.1, 0.15) is 44.7 Å². The normalized spacial score (nSPS) is 19.4. The summed E-state index contributed by atoms with van der Waals surface area (Å²) in [7, 11) is 2.45. The molecular weight excluding hydrogens is 372 g/mol. The quantitative estimate of drug-likeness (QED) is 0.571. The van der Waals surface area contributed by atoms with E-state index in [1.807, 2.05) is 4.90 Å². The number of hydrogen-bond acceptors (Lipinski definition) is 5. The molecule has 1 aromatic carbocycles. The third kappa shape index (κ3) is 5.42. The highest BCUT2D eigenvalue weighted by molar-refractivity contribution is 6.60. The Morgan fingerprint density at radius 1 is 1.07 bits per heavy atom. The molecule has 1 atom stereocenters. The highest BCUT2D eigenvalue weighted by Crippen LogP contribution is 2.24. The fraction of sp³-hybridized carbons (Fsp3) is 0.667. The molecule has 28 heavy (non-hydrogen) atoms. The van der Waals surface area contributed by atoms with Gasteiger partial charge in [0.05, 0.1) is 11.7 Å². The minimum Gasteiger partial charge on any atom is -0.377 e. The van der Waals surface area contributed by atoms with E-state index in [1.165, 1.54) is 11.1 Å². The third-order valence-electron chi connectivity index (χ3n) is 5.56. The van der Waals surface area contributed by atoms with E-state index in [0.717, 1.165) is 38.3 Å². The van der Waals surface area contributed by atoms with E-state index in [-0.39, 0.29) is 17.6 Å². The van der Waals surface area contributed by atoms with Crippen molar-refractivity contribution < 1.29 is 18.1 Å². The van der Waals surface area contributed by atoms with Gasteiger partial charge in [-0.05, 0) is 50.7 Å². The lowest BCUT2D eigenvalue weighted by atomic mass is 10.0. The number of nitrogens with zero attached hydrogens (tertiary/aromatic N) is 1. The first-order valence-corrected chi connectivity index (χ1v) is 12.1. The van der Waals surface area contributed by atoms with Gasteiger partial charge in [0.25, 0.3) is 0 Å². The molecule has 1 aliphatic rings. The van der Waals surface area contributed by atoms with Crippen LogP contribution in [0.5, 0.6) is 0 Å². The molecule has 0 radical (unpaired) electrons. The lowest BCUT2D eigenvalue weighted by Crippen LogP contribution is -2.47. The Morgan fingerprint density at radius 3 is 2.18 bits per heavy atom. The predicted molar refractivity (Wildman–Crippen MR) is 113 cm³/mol. The Hall–Kier alpha value is -1.25. The van der Waals surface area contributed by atoms with Crippen LogP contribution < -0.4 is 5.32 Å². The van der Waals surface area contributed by atoms with Crippen molar-refractivity contribution in [1.29, 1.82) is 0 Å². The van der Waals surface area contributed by atoms with Gasteiger partial charge in [0.1, 0.15) is 0 Å². The first kappa shape index (κ1) is 23.0. The Morgan fingerprint density at radius 2 is 1.64 bits per heavy atom. The van der Waals surface area contributed by atoms with Crippen molar-refractivity contribution in [2.45, 2.75) is 64.2 Å². The second-order valence-electron chi connectivity index (χ2n) is 7.92. The number of carbonyl (C=O) groups excluding carboxylic acids is 1. The molecule has 0 aromatic heterocycles. The average molecular weight is 409 g/mol. The van der Waals surface area contributed by atoms with Crippen molar-refractivity contribution in [2.24, 2.45) is 0 Å². The Labute approximate surface area is 170 Å². The molecule has 158 valence electrons. The largest absolute Gasteiger partial charge is 0.500 e. The molecule has 6 nitrogen and oxygen atoms in total. The molecule has 0 saturated carbocycles. The number of carbonyl (C=O) groups is 1. The number of benzene rings is 1. The standard InChI is InChI=1S/C21H36N2O4Si/c1-7-14-23-20(24)19(22-21(23,2)3)16-18-12-10-17(11-13-18)9-8-15-28(25-4,26-5)27-6/h10-13,19,22H,7-9,14-16H2,1-6H3/t19-/m0/s1. The van der Waals surface area contributed by atoms with Crippen LogP contribution >= 0.6 is 0 Å². The third-order valence-corrected chi connectivity index (χ3v) is 8.39. The van der Waals surface area contributed by atoms with Gasteiger partial charge < -0.3 is 18.2 Å². The van der Waals surface area contributed by atoms with Crippen molar-refractivity contribution >= 4 is 14.7 Å². The average Bonchev–Trinajstić information content (AvgIpc) is 2.90. The maximum Gasteiger partial charge on any atom is 0.500 e. The molecule has 0 spiro atoms. The maximum absolute atomic E-state index is 12.7. The minimum absolute atomic E-state index is 0.149. The van der Waals surface area contributed by atoms with Crippen LogP contribution in [-0.2, 0) is 30.9 Å². The van der Waals surface area contributed by atoms with Crippen LogP contribution in [0.25, 0.3) is 0 Å². The van der Waals surface area contributed by atoms with E-state index in [9.17, 15) is 4.79 Å². The van der Waals surface area contributed by atoms with Gasteiger partial charge in [-0.2, -0.15) is 0 Å². The minimum atomic E-state index is -2.49. The summed E-state index contributed by atoms with van der Waals surface area (Å²) in [5, 5.41) is 3.49. The van der Waals surface area contributed by atoms with Gasteiger partial charge in [-0.3, -0.25) is 10.1 Å². The lowest BCUT2D eigenvalue weighted by Gasteiger charge is -2.30. The van der Waals surface area contributed by atoms with Crippen molar-refractivity contribution in [3.05, 3.63) is 35.4 Å². The van der Waals surface area contributed by atoms with E-state index in [4.69, 9.17) is 13.3 Å². The predicted octanol–water partition coefficient (Wildman–Crippen LogP) is 2.99. The van der Waals surface area contributed by atoms with Gasteiger partial charge in [0.15, 0.2) is 0 Å². The summed E-state index contributed by atoms with van der Waals surface area (Å²) in [6.45, 7) is 7.05. The van der Waals surface area contributed by atoms with Gasteiger partial charge in [-0.15, -0.1) is 0 Å². The van der Waals surface area contributed by atoms with Crippen molar-refractivity contribution in [2.75, 3.05) is 27.9 Å². The van der Waals surface area contributed by atoms with Crippen molar-refractivity contribution in [3.8, 4) is 0 Å². The molecule has 0 bridgehead atoms. The first-order valence-electron chi connectivity index (χ1n) is 10.1. The molecule has 1 amide bonds. The smallest absolute Gasteiger partial charge is 0.377 e.